The van der Waals surface area contributed by atoms with E-state index in [0.29, 0.717) is 16.9 Å². The number of hydrogen-bond donors (Lipinski definition) is 2. The van der Waals surface area contributed by atoms with Gasteiger partial charge in [-0.05, 0) is 18.2 Å². The Hall–Kier alpha value is -2.04. The maximum atomic E-state index is 11.6. The molecule has 0 fully saturated rings. The summed E-state index contributed by atoms with van der Waals surface area (Å²) >= 11 is 0. The summed E-state index contributed by atoms with van der Waals surface area (Å²) in [6.07, 6.45) is 0.176. The molecule has 5 heteroatoms. The van der Waals surface area contributed by atoms with E-state index in [2.05, 4.69) is 4.74 Å². The lowest BCUT2D eigenvalue weighted by atomic mass is 10.1. The molecule has 1 aromatic carbocycles. The van der Waals surface area contributed by atoms with Crippen molar-refractivity contribution in [1.82, 2.24) is 0 Å². The SMILES string of the molecule is COC(=O)CCC(=O)c1ccc(N)c(N)c1. The summed E-state index contributed by atoms with van der Waals surface area (Å²) in [5.41, 5.74) is 12.3. The van der Waals surface area contributed by atoms with Gasteiger partial charge >= 0.3 is 5.97 Å². The molecule has 0 saturated heterocycles. The molecule has 1 aromatic rings. The Morgan fingerprint density at radius 1 is 1.19 bits per heavy atom. The van der Waals surface area contributed by atoms with Gasteiger partial charge in [0.05, 0.1) is 24.9 Å². The second-order valence-electron chi connectivity index (χ2n) is 3.34. The van der Waals surface area contributed by atoms with Crippen LogP contribution in [-0.2, 0) is 9.53 Å². The van der Waals surface area contributed by atoms with Crippen LogP contribution in [0, 0.1) is 0 Å². The minimum Gasteiger partial charge on any atom is -0.469 e. The van der Waals surface area contributed by atoms with Gasteiger partial charge in [0, 0.05) is 12.0 Å². The monoisotopic (exact) mass is 222 g/mol. The zero-order valence-corrected chi connectivity index (χ0v) is 9.03. The first-order valence-electron chi connectivity index (χ1n) is 4.79. The van der Waals surface area contributed by atoms with Crippen molar-refractivity contribution in [2.45, 2.75) is 12.8 Å². The first-order valence-corrected chi connectivity index (χ1v) is 4.79. The minimum atomic E-state index is -0.406. The summed E-state index contributed by atoms with van der Waals surface area (Å²) < 4.78 is 4.44. The van der Waals surface area contributed by atoms with Crippen molar-refractivity contribution in [2.75, 3.05) is 18.6 Å². The number of anilines is 2. The fourth-order valence-electron chi connectivity index (χ4n) is 1.21. The van der Waals surface area contributed by atoms with Gasteiger partial charge < -0.3 is 16.2 Å². The number of ether oxygens (including phenoxy) is 1. The van der Waals surface area contributed by atoms with E-state index >= 15 is 0 Å². The maximum absolute atomic E-state index is 11.6. The minimum absolute atomic E-state index is 0.0691. The second kappa shape index (κ2) is 5.16. The molecule has 0 aliphatic heterocycles. The molecule has 0 heterocycles. The summed E-state index contributed by atoms with van der Waals surface area (Å²) in [7, 11) is 1.29. The lowest BCUT2D eigenvalue weighted by molar-refractivity contribution is -0.140. The molecule has 0 aromatic heterocycles. The van der Waals surface area contributed by atoms with Crippen LogP contribution in [-0.4, -0.2) is 18.9 Å². The van der Waals surface area contributed by atoms with Crippen molar-refractivity contribution in [1.29, 1.82) is 0 Å². The highest BCUT2D eigenvalue weighted by Crippen LogP contribution is 2.17. The van der Waals surface area contributed by atoms with Gasteiger partial charge in [0.15, 0.2) is 5.78 Å². The average Bonchev–Trinajstić information content (AvgIpc) is 2.29. The van der Waals surface area contributed by atoms with Crippen molar-refractivity contribution >= 4 is 23.1 Å². The average molecular weight is 222 g/mol. The van der Waals surface area contributed by atoms with E-state index in [4.69, 9.17) is 11.5 Å². The Morgan fingerprint density at radius 2 is 1.88 bits per heavy atom. The number of benzene rings is 1. The van der Waals surface area contributed by atoms with Gasteiger partial charge in [0.25, 0.3) is 0 Å². The van der Waals surface area contributed by atoms with Crippen LogP contribution in [0.4, 0.5) is 11.4 Å². The Kier molecular flexibility index (Phi) is 3.88. The van der Waals surface area contributed by atoms with Gasteiger partial charge in [-0.3, -0.25) is 9.59 Å². The molecule has 4 N–H and O–H groups in total. The molecule has 5 nitrogen and oxygen atoms in total. The third-order valence-electron chi connectivity index (χ3n) is 2.19. The first kappa shape index (κ1) is 12.0. The molecule has 0 atom stereocenters. The van der Waals surface area contributed by atoms with E-state index in [1.54, 1.807) is 12.1 Å². The zero-order chi connectivity index (χ0) is 12.1. The quantitative estimate of drug-likeness (QED) is 0.450. The number of carbonyl (C=O) groups is 2. The molecule has 0 bridgehead atoms. The fourth-order valence-corrected chi connectivity index (χ4v) is 1.21. The standard InChI is InChI=1S/C11H14N2O3/c1-16-11(15)5-4-10(14)7-2-3-8(12)9(13)6-7/h2-3,6H,4-5,12-13H2,1H3. The molecule has 0 radical (unpaired) electrons. The third kappa shape index (κ3) is 2.98. The summed E-state index contributed by atoms with van der Waals surface area (Å²) in [5.74, 6) is -0.561. The van der Waals surface area contributed by atoms with Crippen LogP contribution in [0.25, 0.3) is 0 Å². The van der Waals surface area contributed by atoms with Crippen molar-refractivity contribution in [3.05, 3.63) is 23.8 Å². The fraction of sp³-hybridized carbons (Fsp3) is 0.273. The van der Waals surface area contributed by atoms with Crippen molar-refractivity contribution in [2.24, 2.45) is 0 Å². The number of methoxy groups -OCH3 is 1. The van der Waals surface area contributed by atoms with E-state index in [0.717, 1.165) is 0 Å². The van der Waals surface area contributed by atoms with Crippen LogP contribution in [0.1, 0.15) is 23.2 Å². The first-order chi connectivity index (χ1) is 7.54. The second-order valence-corrected chi connectivity index (χ2v) is 3.34. The van der Waals surface area contributed by atoms with Crippen molar-refractivity contribution < 1.29 is 14.3 Å². The molecular formula is C11H14N2O3. The molecule has 1 rings (SSSR count). The van der Waals surface area contributed by atoms with Gasteiger partial charge in [0.1, 0.15) is 0 Å². The highest BCUT2D eigenvalue weighted by atomic mass is 16.5. The molecule has 0 aliphatic rings. The molecular weight excluding hydrogens is 208 g/mol. The summed E-state index contributed by atoms with van der Waals surface area (Å²) in [5, 5.41) is 0. The Bertz CT molecular complexity index is 416. The lowest BCUT2D eigenvalue weighted by Crippen LogP contribution is -2.07. The summed E-state index contributed by atoms with van der Waals surface area (Å²) in [6.45, 7) is 0. The van der Waals surface area contributed by atoms with Gasteiger partial charge in [-0.15, -0.1) is 0 Å². The van der Waals surface area contributed by atoms with Gasteiger partial charge in [-0.25, -0.2) is 0 Å². The number of Topliss-reactive ketones (excluding diaryl/α,β-unsaturated/α-hetero) is 1. The largest absolute Gasteiger partial charge is 0.469 e. The van der Waals surface area contributed by atoms with E-state index in [1.165, 1.54) is 13.2 Å². The number of esters is 1. The van der Waals surface area contributed by atoms with E-state index in [9.17, 15) is 9.59 Å². The van der Waals surface area contributed by atoms with Crippen LogP contribution >= 0.6 is 0 Å². The Morgan fingerprint density at radius 3 is 2.44 bits per heavy atom. The predicted octanol–water partition coefficient (Wildman–Crippen LogP) is 0.987. The Labute approximate surface area is 93.4 Å². The zero-order valence-electron chi connectivity index (χ0n) is 9.03. The maximum Gasteiger partial charge on any atom is 0.305 e. The number of nitrogen functional groups attached to an aromatic ring is 2. The smallest absolute Gasteiger partial charge is 0.305 e. The van der Waals surface area contributed by atoms with E-state index in [1.807, 2.05) is 0 Å². The molecule has 86 valence electrons. The predicted molar refractivity (Wildman–Crippen MR) is 60.8 cm³/mol. The van der Waals surface area contributed by atoms with Crippen molar-refractivity contribution in [3.63, 3.8) is 0 Å². The number of nitrogens with two attached hydrogens (primary N) is 2. The molecule has 0 aliphatic carbocycles. The summed E-state index contributed by atoms with van der Waals surface area (Å²) in [6, 6.07) is 4.67. The van der Waals surface area contributed by atoms with Gasteiger partial charge in [-0.1, -0.05) is 0 Å². The van der Waals surface area contributed by atoms with Crippen LogP contribution in [0.2, 0.25) is 0 Å². The normalized spacial score (nSPS) is 9.81. The highest BCUT2D eigenvalue weighted by Gasteiger charge is 2.10. The van der Waals surface area contributed by atoms with Crippen LogP contribution in [0.5, 0.6) is 0 Å². The van der Waals surface area contributed by atoms with Gasteiger partial charge in [0.2, 0.25) is 0 Å². The van der Waals surface area contributed by atoms with Crippen molar-refractivity contribution in [3.8, 4) is 0 Å². The molecule has 0 amide bonds. The number of ketones is 1. The van der Waals surface area contributed by atoms with Crippen LogP contribution < -0.4 is 11.5 Å². The van der Waals surface area contributed by atoms with E-state index in [-0.39, 0.29) is 18.6 Å². The van der Waals surface area contributed by atoms with Gasteiger partial charge in [-0.2, -0.15) is 0 Å². The molecule has 0 spiro atoms. The number of carbonyl (C=O) groups excluding carboxylic acids is 2. The van der Waals surface area contributed by atoms with Crippen LogP contribution in [0.3, 0.4) is 0 Å². The van der Waals surface area contributed by atoms with E-state index < -0.39 is 5.97 Å². The van der Waals surface area contributed by atoms with Crippen LogP contribution in [0.15, 0.2) is 18.2 Å². The molecule has 16 heavy (non-hydrogen) atoms. The topological polar surface area (TPSA) is 95.4 Å². The number of hydrogen-bond acceptors (Lipinski definition) is 5. The highest BCUT2D eigenvalue weighted by molar-refractivity contribution is 5.98. The third-order valence-corrected chi connectivity index (χ3v) is 2.19. The Balaban J connectivity index is 2.66. The lowest BCUT2D eigenvalue weighted by Gasteiger charge is -2.04. The molecule has 0 unspecified atom stereocenters. The summed E-state index contributed by atoms with van der Waals surface area (Å²) in [4.78, 5) is 22.5. The molecule has 0 saturated carbocycles. The number of rotatable bonds is 4.